The molecule has 0 bridgehead atoms. The molecule has 0 aliphatic carbocycles. The van der Waals surface area contributed by atoms with Gasteiger partial charge in [-0.15, -0.1) is 0 Å². The van der Waals surface area contributed by atoms with E-state index in [-0.39, 0.29) is 6.04 Å². The molecule has 0 radical (unpaired) electrons. The van der Waals surface area contributed by atoms with Gasteiger partial charge in [0, 0.05) is 13.2 Å². The van der Waals surface area contributed by atoms with E-state index in [1.165, 1.54) is 17.9 Å². The smallest absolute Gasteiger partial charge is 0.0616 e. The van der Waals surface area contributed by atoms with Gasteiger partial charge in [-0.2, -0.15) is 11.8 Å². The van der Waals surface area contributed by atoms with Gasteiger partial charge < -0.3 is 10.5 Å². The molecule has 2 unspecified atom stereocenters. The first-order chi connectivity index (χ1) is 4.84. The van der Waals surface area contributed by atoms with E-state index in [9.17, 15) is 0 Å². The van der Waals surface area contributed by atoms with Crippen LogP contribution in [0.4, 0.5) is 0 Å². The second kappa shape index (κ2) is 4.21. The molecule has 1 fully saturated rings. The fraction of sp³-hybridized carbons (Fsp3) is 1.00. The highest BCUT2D eigenvalue weighted by Gasteiger charge is 2.21. The molecule has 1 aliphatic heterocycles. The van der Waals surface area contributed by atoms with Crippen LogP contribution in [-0.2, 0) is 4.74 Å². The molecule has 60 valence electrons. The molecule has 0 aromatic rings. The summed E-state index contributed by atoms with van der Waals surface area (Å²) >= 11 is 2.00. The fourth-order valence-electron chi connectivity index (χ4n) is 1.22. The van der Waals surface area contributed by atoms with Gasteiger partial charge >= 0.3 is 0 Å². The lowest BCUT2D eigenvalue weighted by Gasteiger charge is -2.16. The van der Waals surface area contributed by atoms with Gasteiger partial charge in [0.2, 0.25) is 0 Å². The zero-order valence-electron chi connectivity index (χ0n) is 6.38. The Hall–Kier alpha value is 0.270. The molecule has 3 heteroatoms. The largest absolute Gasteiger partial charge is 0.383 e. The van der Waals surface area contributed by atoms with Gasteiger partial charge in [0.1, 0.15) is 0 Å². The Morgan fingerprint density at radius 1 is 1.80 bits per heavy atom. The number of hydrogen-bond donors (Lipinski definition) is 1. The van der Waals surface area contributed by atoms with Gasteiger partial charge in [-0.05, 0) is 23.8 Å². The maximum atomic E-state index is 5.85. The van der Waals surface area contributed by atoms with Gasteiger partial charge in [0.25, 0.3) is 0 Å². The van der Waals surface area contributed by atoms with Crippen LogP contribution in [0.3, 0.4) is 0 Å². The van der Waals surface area contributed by atoms with Crippen molar-refractivity contribution in [1.29, 1.82) is 0 Å². The van der Waals surface area contributed by atoms with Crippen LogP contribution in [0.25, 0.3) is 0 Å². The average Bonchev–Trinajstić information content (AvgIpc) is 2.38. The Morgan fingerprint density at radius 3 is 3.10 bits per heavy atom. The van der Waals surface area contributed by atoms with Crippen LogP contribution in [0.1, 0.15) is 6.42 Å². The third-order valence-corrected chi connectivity index (χ3v) is 3.12. The fourth-order valence-corrected chi connectivity index (χ4v) is 2.57. The highest BCUT2D eigenvalue weighted by atomic mass is 32.2. The van der Waals surface area contributed by atoms with Crippen molar-refractivity contribution in [3.05, 3.63) is 0 Å². The summed E-state index contributed by atoms with van der Waals surface area (Å²) < 4.78 is 4.98. The van der Waals surface area contributed by atoms with E-state index in [0.717, 1.165) is 0 Å². The molecule has 1 saturated heterocycles. The maximum Gasteiger partial charge on any atom is 0.0616 e. The topological polar surface area (TPSA) is 35.2 Å². The number of rotatable bonds is 3. The van der Waals surface area contributed by atoms with Crippen molar-refractivity contribution < 1.29 is 4.74 Å². The molecule has 0 amide bonds. The van der Waals surface area contributed by atoms with Crippen LogP contribution < -0.4 is 5.73 Å². The van der Waals surface area contributed by atoms with E-state index in [0.29, 0.717) is 12.5 Å². The number of nitrogens with two attached hydrogens (primary N) is 1. The number of hydrogen-bond acceptors (Lipinski definition) is 3. The zero-order valence-corrected chi connectivity index (χ0v) is 7.19. The number of ether oxygens (including phenoxy) is 1. The minimum absolute atomic E-state index is 0.264. The molecule has 2 atom stereocenters. The van der Waals surface area contributed by atoms with Gasteiger partial charge in [-0.1, -0.05) is 0 Å². The van der Waals surface area contributed by atoms with Gasteiger partial charge in [-0.25, -0.2) is 0 Å². The molecule has 1 aliphatic rings. The Morgan fingerprint density at radius 2 is 2.60 bits per heavy atom. The SMILES string of the molecule is COCC(N)C1CCSC1. The van der Waals surface area contributed by atoms with Crippen molar-refractivity contribution in [3.63, 3.8) is 0 Å². The molecule has 10 heavy (non-hydrogen) atoms. The first-order valence-corrected chi connectivity index (χ1v) is 4.82. The van der Waals surface area contributed by atoms with Crippen molar-refractivity contribution in [3.8, 4) is 0 Å². The molecule has 2 nitrogen and oxygen atoms in total. The van der Waals surface area contributed by atoms with Crippen LogP contribution >= 0.6 is 11.8 Å². The van der Waals surface area contributed by atoms with Crippen LogP contribution in [0.15, 0.2) is 0 Å². The molecule has 0 aromatic heterocycles. The Balaban J connectivity index is 2.18. The molecule has 1 rings (SSSR count). The highest BCUT2D eigenvalue weighted by molar-refractivity contribution is 7.99. The Bertz CT molecular complexity index is 93.6. The van der Waals surface area contributed by atoms with Crippen molar-refractivity contribution in [2.75, 3.05) is 25.2 Å². The third kappa shape index (κ3) is 2.15. The summed E-state index contributed by atoms with van der Waals surface area (Å²) in [5, 5.41) is 0. The first-order valence-electron chi connectivity index (χ1n) is 3.67. The molecule has 0 saturated carbocycles. The summed E-state index contributed by atoms with van der Waals surface area (Å²) in [6, 6.07) is 0.264. The lowest BCUT2D eigenvalue weighted by Crippen LogP contribution is -2.34. The van der Waals surface area contributed by atoms with E-state index < -0.39 is 0 Å². The van der Waals surface area contributed by atoms with E-state index in [1.807, 2.05) is 11.8 Å². The Kier molecular flexibility index (Phi) is 3.52. The lowest BCUT2D eigenvalue weighted by molar-refractivity contribution is 0.162. The monoisotopic (exact) mass is 161 g/mol. The predicted molar refractivity (Wildman–Crippen MR) is 45.3 cm³/mol. The van der Waals surface area contributed by atoms with Crippen molar-refractivity contribution in [2.24, 2.45) is 11.7 Å². The summed E-state index contributed by atoms with van der Waals surface area (Å²) in [6.07, 6.45) is 1.27. The molecule has 0 aromatic carbocycles. The van der Waals surface area contributed by atoms with Crippen LogP contribution in [0.5, 0.6) is 0 Å². The van der Waals surface area contributed by atoms with Crippen molar-refractivity contribution in [1.82, 2.24) is 0 Å². The average molecular weight is 161 g/mol. The third-order valence-electron chi connectivity index (χ3n) is 1.93. The molecule has 1 heterocycles. The van der Waals surface area contributed by atoms with Crippen LogP contribution in [0.2, 0.25) is 0 Å². The number of thioether (sulfide) groups is 1. The summed E-state index contributed by atoms with van der Waals surface area (Å²) in [7, 11) is 1.71. The summed E-state index contributed by atoms with van der Waals surface area (Å²) in [4.78, 5) is 0. The predicted octanol–water partition coefficient (Wildman–Crippen LogP) is 0.713. The summed E-state index contributed by atoms with van der Waals surface area (Å²) in [5.41, 5.74) is 5.85. The first kappa shape index (κ1) is 8.37. The maximum absolute atomic E-state index is 5.85. The standard InChI is InChI=1S/C7H15NOS/c1-9-4-7(8)6-2-3-10-5-6/h6-7H,2-5,8H2,1H3. The van der Waals surface area contributed by atoms with E-state index in [1.54, 1.807) is 7.11 Å². The second-order valence-corrected chi connectivity index (χ2v) is 3.89. The quantitative estimate of drug-likeness (QED) is 0.662. The summed E-state index contributed by atoms with van der Waals surface area (Å²) in [6.45, 7) is 0.714. The zero-order chi connectivity index (χ0) is 7.40. The van der Waals surface area contributed by atoms with Crippen molar-refractivity contribution >= 4 is 11.8 Å². The van der Waals surface area contributed by atoms with Gasteiger partial charge in [-0.3, -0.25) is 0 Å². The molecule has 2 N–H and O–H groups in total. The van der Waals surface area contributed by atoms with E-state index >= 15 is 0 Å². The van der Waals surface area contributed by atoms with Crippen molar-refractivity contribution in [2.45, 2.75) is 12.5 Å². The molecular weight excluding hydrogens is 146 g/mol. The van der Waals surface area contributed by atoms with Gasteiger partial charge in [0.15, 0.2) is 0 Å². The van der Waals surface area contributed by atoms with Crippen LogP contribution in [-0.4, -0.2) is 31.3 Å². The highest BCUT2D eigenvalue weighted by Crippen LogP contribution is 2.25. The van der Waals surface area contributed by atoms with E-state index in [4.69, 9.17) is 10.5 Å². The molecule has 0 spiro atoms. The minimum Gasteiger partial charge on any atom is -0.383 e. The minimum atomic E-state index is 0.264. The summed E-state index contributed by atoms with van der Waals surface area (Å²) in [5.74, 6) is 3.21. The second-order valence-electron chi connectivity index (χ2n) is 2.74. The normalized spacial score (nSPS) is 28.8. The van der Waals surface area contributed by atoms with Gasteiger partial charge in [0.05, 0.1) is 6.61 Å². The van der Waals surface area contributed by atoms with E-state index in [2.05, 4.69) is 0 Å². The molecular formula is C7H15NOS. The lowest BCUT2D eigenvalue weighted by atomic mass is 10.0. The van der Waals surface area contributed by atoms with Crippen LogP contribution in [0, 0.1) is 5.92 Å². The Labute approximate surface area is 66.5 Å². The number of methoxy groups -OCH3 is 1.